The Bertz CT molecular complexity index is 618. The molecule has 0 spiro atoms. The van der Waals surface area contributed by atoms with Gasteiger partial charge in [0.2, 0.25) is 5.91 Å². The van der Waals surface area contributed by atoms with Crippen molar-refractivity contribution in [1.29, 1.82) is 0 Å². The van der Waals surface area contributed by atoms with Gasteiger partial charge in [-0.1, -0.05) is 26.0 Å². The van der Waals surface area contributed by atoms with E-state index in [-0.39, 0.29) is 12.5 Å². The number of hydrogen-bond donors (Lipinski definition) is 1. The lowest BCUT2D eigenvalue weighted by Crippen LogP contribution is -2.53. The maximum absolute atomic E-state index is 11.9. The van der Waals surface area contributed by atoms with Crippen molar-refractivity contribution in [2.45, 2.75) is 20.8 Å². The number of carbonyl (C=O) groups is 1. The van der Waals surface area contributed by atoms with Crippen LogP contribution in [0, 0.1) is 12.8 Å². The SMILES string of the molecule is Cc1cccc(N2CCN(C(=NCC(=O)N(C)C)NCC(C)C)CC2)c1. The van der Waals surface area contributed by atoms with Crippen LogP contribution in [0.2, 0.25) is 0 Å². The van der Waals surface area contributed by atoms with Gasteiger partial charge in [-0.05, 0) is 30.5 Å². The van der Waals surface area contributed by atoms with Crippen LogP contribution in [0.15, 0.2) is 29.3 Å². The summed E-state index contributed by atoms with van der Waals surface area (Å²) in [5, 5.41) is 3.43. The third kappa shape index (κ3) is 5.93. The van der Waals surface area contributed by atoms with E-state index in [4.69, 9.17) is 0 Å². The number of hydrogen-bond acceptors (Lipinski definition) is 3. The summed E-state index contributed by atoms with van der Waals surface area (Å²) < 4.78 is 0. The summed E-state index contributed by atoms with van der Waals surface area (Å²) in [5.41, 5.74) is 2.56. The van der Waals surface area contributed by atoms with Crippen molar-refractivity contribution in [2.75, 3.05) is 58.3 Å². The van der Waals surface area contributed by atoms with E-state index >= 15 is 0 Å². The standard InChI is InChI=1S/C20H33N5O/c1-16(2)14-21-20(22-15-19(26)23(4)5)25-11-9-24(10-12-25)18-8-6-7-17(3)13-18/h6-8,13,16H,9-12,14-15H2,1-5H3,(H,21,22). The average Bonchev–Trinajstić information content (AvgIpc) is 2.61. The number of carbonyl (C=O) groups excluding carboxylic acids is 1. The van der Waals surface area contributed by atoms with E-state index in [9.17, 15) is 4.79 Å². The van der Waals surface area contributed by atoms with Gasteiger partial charge in [0.15, 0.2) is 5.96 Å². The maximum Gasteiger partial charge on any atom is 0.243 e. The van der Waals surface area contributed by atoms with Gasteiger partial charge in [0, 0.05) is 52.5 Å². The predicted molar refractivity (Wildman–Crippen MR) is 109 cm³/mol. The fraction of sp³-hybridized carbons (Fsp3) is 0.600. The lowest BCUT2D eigenvalue weighted by atomic mass is 10.2. The third-order valence-corrected chi connectivity index (χ3v) is 4.48. The number of likely N-dealkylation sites (N-methyl/N-ethyl adjacent to an activating group) is 1. The Morgan fingerprint density at radius 3 is 2.50 bits per heavy atom. The highest BCUT2D eigenvalue weighted by molar-refractivity contribution is 5.85. The molecule has 0 aromatic heterocycles. The van der Waals surface area contributed by atoms with Crippen LogP contribution in [0.3, 0.4) is 0 Å². The molecule has 1 aromatic carbocycles. The first-order chi connectivity index (χ1) is 12.4. The number of guanidine groups is 1. The molecule has 1 amide bonds. The van der Waals surface area contributed by atoms with Crippen molar-refractivity contribution in [3.05, 3.63) is 29.8 Å². The molecular weight excluding hydrogens is 326 g/mol. The Morgan fingerprint density at radius 2 is 1.92 bits per heavy atom. The fourth-order valence-electron chi connectivity index (χ4n) is 2.85. The Balaban J connectivity index is 2.00. The number of nitrogens with zero attached hydrogens (tertiary/aromatic N) is 4. The summed E-state index contributed by atoms with van der Waals surface area (Å²) in [5.74, 6) is 1.39. The minimum Gasteiger partial charge on any atom is -0.368 e. The average molecular weight is 360 g/mol. The van der Waals surface area contributed by atoms with Crippen LogP contribution in [0.25, 0.3) is 0 Å². The lowest BCUT2D eigenvalue weighted by Gasteiger charge is -2.38. The molecule has 6 heteroatoms. The number of anilines is 1. The first kappa shape index (κ1) is 20.1. The molecule has 0 unspecified atom stereocenters. The van der Waals surface area contributed by atoms with Crippen molar-refractivity contribution in [3.63, 3.8) is 0 Å². The van der Waals surface area contributed by atoms with Crippen molar-refractivity contribution in [2.24, 2.45) is 10.9 Å². The normalized spacial score (nSPS) is 15.4. The Hall–Kier alpha value is -2.24. The number of benzene rings is 1. The molecule has 6 nitrogen and oxygen atoms in total. The lowest BCUT2D eigenvalue weighted by molar-refractivity contribution is -0.127. The van der Waals surface area contributed by atoms with Gasteiger partial charge in [0.25, 0.3) is 0 Å². The quantitative estimate of drug-likeness (QED) is 0.643. The minimum absolute atomic E-state index is 0.0206. The van der Waals surface area contributed by atoms with E-state index < -0.39 is 0 Å². The Kier molecular flexibility index (Phi) is 7.30. The molecule has 1 aromatic rings. The van der Waals surface area contributed by atoms with Crippen LogP contribution in [0.4, 0.5) is 5.69 Å². The molecule has 26 heavy (non-hydrogen) atoms. The molecule has 0 radical (unpaired) electrons. The highest BCUT2D eigenvalue weighted by atomic mass is 16.2. The Morgan fingerprint density at radius 1 is 1.23 bits per heavy atom. The zero-order valence-corrected chi connectivity index (χ0v) is 16.8. The van der Waals surface area contributed by atoms with Crippen LogP contribution in [0.1, 0.15) is 19.4 Å². The summed E-state index contributed by atoms with van der Waals surface area (Å²) in [6.45, 7) is 11.2. The molecular formula is C20H33N5O. The zero-order chi connectivity index (χ0) is 19.1. The van der Waals surface area contributed by atoms with Gasteiger partial charge in [-0.15, -0.1) is 0 Å². The molecule has 0 atom stereocenters. The molecule has 0 aliphatic carbocycles. The predicted octanol–water partition coefficient (Wildman–Crippen LogP) is 1.81. The molecule has 0 bridgehead atoms. The van der Waals surface area contributed by atoms with Gasteiger partial charge in [0.05, 0.1) is 0 Å². The zero-order valence-electron chi connectivity index (χ0n) is 16.8. The molecule has 0 saturated carbocycles. The number of rotatable bonds is 5. The number of piperazine rings is 1. The maximum atomic E-state index is 11.9. The van der Waals surface area contributed by atoms with Gasteiger partial charge in [-0.3, -0.25) is 4.79 Å². The molecule has 2 rings (SSSR count). The molecule has 1 N–H and O–H groups in total. The highest BCUT2D eigenvalue weighted by Crippen LogP contribution is 2.17. The summed E-state index contributed by atoms with van der Waals surface area (Å²) in [6, 6.07) is 8.64. The largest absolute Gasteiger partial charge is 0.368 e. The number of nitrogens with one attached hydrogen (secondary N) is 1. The van der Waals surface area contributed by atoms with Crippen LogP contribution in [-0.2, 0) is 4.79 Å². The monoisotopic (exact) mass is 359 g/mol. The van der Waals surface area contributed by atoms with Crippen molar-refractivity contribution in [3.8, 4) is 0 Å². The smallest absolute Gasteiger partial charge is 0.243 e. The second-order valence-corrected chi connectivity index (χ2v) is 7.52. The molecule has 1 fully saturated rings. The van der Waals surface area contributed by atoms with Gasteiger partial charge in [-0.25, -0.2) is 4.99 Å². The second kappa shape index (κ2) is 9.46. The van der Waals surface area contributed by atoms with Gasteiger partial charge < -0.3 is 20.0 Å². The first-order valence-electron chi connectivity index (χ1n) is 9.42. The summed E-state index contributed by atoms with van der Waals surface area (Å²) in [7, 11) is 3.53. The molecule has 1 aliphatic heterocycles. The number of amides is 1. The topological polar surface area (TPSA) is 51.2 Å². The highest BCUT2D eigenvalue weighted by Gasteiger charge is 2.20. The van der Waals surface area contributed by atoms with Crippen LogP contribution >= 0.6 is 0 Å². The van der Waals surface area contributed by atoms with Gasteiger partial charge in [-0.2, -0.15) is 0 Å². The second-order valence-electron chi connectivity index (χ2n) is 7.52. The van der Waals surface area contributed by atoms with Gasteiger partial charge in [0.1, 0.15) is 6.54 Å². The van der Waals surface area contributed by atoms with E-state index in [2.05, 4.69) is 65.1 Å². The van der Waals surface area contributed by atoms with Crippen molar-refractivity contribution in [1.82, 2.24) is 15.1 Å². The van der Waals surface area contributed by atoms with E-state index in [0.29, 0.717) is 5.92 Å². The van der Waals surface area contributed by atoms with Crippen LogP contribution in [0.5, 0.6) is 0 Å². The summed E-state index contributed by atoms with van der Waals surface area (Å²) in [6.07, 6.45) is 0. The number of aliphatic imine (C=N–C) groups is 1. The first-order valence-corrected chi connectivity index (χ1v) is 9.42. The van der Waals surface area contributed by atoms with Gasteiger partial charge >= 0.3 is 0 Å². The molecule has 1 aliphatic rings. The van der Waals surface area contributed by atoms with Crippen molar-refractivity contribution >= 4 is 17.6 Å². The van der Waals surface area contributed by atoms with Crippen molar-refractivity contribution < 1.29 is 4.79 Å². The fourth-order valence-corrected chi connectivity index (χ4v) is 2.85. The van der Waals surface area contributed by atoms with E-state index in [0.717, 1.165) is 38.7 Å². The van der Waals surface area contributed by atoms with Crippen LogP contribution in [-0.4, -0.2) is 75.0 Å². The van der Waals surface area contributed by atoms with E-state index in [1.54, 1.807) is 19.0 Å². The number of aryl methyl sites for hydroxylation is 1. The molecule has 144 valence electrons. The summed E-state index contributed by atoms with van der Waals surface area (Å²) >= 11 is 0. The molecule has 1 saturated heterocycles. The third-order valence-electron chi connectivity index (χ3n) is 4.48. The Labute approximate surface area is 157 Å². The van der Waals surface area contributed by atoms with E-state index in [1.807, 2.05) is 0 Å². The summed E-state index contributed by atoms with van der Waals surface area (Å²) in [4.78, 5) is 22.7. The minimum atomic E-state index is 0.0206. The van der Waals surface area contributed by atoms with Crippen LogP contribution < -0.4 is 10.2 Å². The molecule has 1 heterocycles. The van der Waals surface area contributed by atoms with E-state index in [1.165, 1.54) is 11.3 Å².